The topological polar surface area (TPSA) is 76.5 Å². The highest BCUT2D eigenvalue weighted by Gasteiger charge is 2.28. The number of nitrogens with one attached hydrogen (secondary N) is 1. The maximum atomic E-state index is 12.1. The summed E-state index contributed by atoms with van der Waals surface area (Å²) < 4.78 is 6.53. The van der Waals surface area contributed by atoms with Gasteiger partial charge in [0.25, 0.3) is 5.56 Å². The summed E-state index contributed by atoms with van der Waals surface area (Å²) in [6.07, 6.45) is 3.30. The van der Waals surface area contributed by atoms with Gasteiger partial charge in [0.1, 0.15) is 0 Å². The van der Waals surface area contributed by atoms with Gasteiger partial charge in [-0.3, -0.25) is 9.59 Å². The van der Waals surface area contributed by atoms with Gasteiger partial charge in [-0.25, -0.2) is 4.68 Å². The maximum Gasteiger partial charge on any atom is 0.268 e. The minimum absolute atomic E-state index is 0.0313. The number of rotatable bonds is 7. The Hall–Kier alpha value is -1.89. The summed E-state index contributed by atoms with van der Waals surface area (Å²) in [5, 5.41) is 6.97. The number of aromatic nitrogens is 2. The van der Waals surface area contributed by atoms with E-state index in [1.807, 2.05) is 11.8 Å². The summed E-state index contributed by atoms with van der Waals surface area (Å²) in [6, 6.07) is 1.56. The molecule has 0 aliphatic carbocycles. The number of amides is 1. The van der Waals surface area contributed by atoms with Crippen molar-refractivity contribution in [3.8, 4) is 0 Å². The number of anilines is 1. The summed E-state index contributed by atoms with van der Waals surface area (Å²) in [5.74, 6) is 0.0481. The Morgan fingerprint density at radius 2 is 2.36 bits per heavy atom. The fourth-order valence-electron chi connectivity index (χ4n) is 2.52. The van der Waals surface area contributed by atoms with Gasteiger partial charge < -0.3 is 15.0 Å². The zero-order chi connectivity index (χ0) is 15.9. The Kier molecular flexibility index (Phi) is 5.94. The minimum Gasteiger partial charge on any atom is -0.382 e. The minimum atomic E-state index is -0.138. The second-order valence-corrected chi connectivity index (χ2v) is 5.45. The molecule has 1 atom stereocenters. The number of carbonyl (C=O) groups excluding carboxylic acids is 1. The van der Waals surface area contributed by atoms with Crippen molar-refractivity contribution in [2.45, 2.75) is 19.8 Å². The van der Waals surface area contributed by atoms with Crippen LogP contribution in [0.5, 0.6) is 0 Å². The molecule has 1 aliphatic rings. The Morgan fingerprint density at radius 1 is 1.55 bits per heavy atom. The average Bonchev–Trinajstić information content (AvgIpc) is 2.99. The van der Waals surface area contributed by atoms with Gasteiger partial charge in [-0.2, -0.15) is 5.10 Å². The van der Waals surface area contributed by atoms with Crippen molar-refractivity contribution < 1.29 is 9.53 Å². The van der Waals surface area contributed by atoms with Crippen molar-refractivity contribution in [1.82, 2.24) is 15.1 Å². The predicted molar refractivity (Wildman–Crippen MR) is 83.9 cm³/mol. The molecule has 0 aromatic carbocycles. The first-order valence-corrected chi connectivity index (χ1v) is 7.75. The summed E-state index contributed by atoms with van der Waals surface area (Å²) in [6.45, 7) is 5.38. The van der Waals surface area contributed by atoms with Gasteiger partial charge in [-0.1, -0.05) is 0 Å². The Balaban J connectivity index is 1.80. The van der Waals surface area contributed by atoms with Crippen molar-refractivity contribution in [3.05, 3.63) is 22.6 Å². The lowest BCUT2D eigenvalue weighted by Gasteiger charge is -2.18. The van der Waals surface area contributed by atoms with Gasteiger partial charge in [0.05, 0.1) is 17.8 Å². The summed E-state index contributed by atoms with van der Waals surface area (Å²) in [7, 11) is 1.62. The first-order valence-electron chi connectivity index (χ1n) is 7.75. The van der Waals surface area contributed by atoms with Gasteiger partial charge in [0, 0.05) is 46.0 Å². The van der Waals surface area contributed by atoms with Crippen LogP contribution in [0.2, 0.25) is 0 Å². The molecule has 0 saturated carbocycles. The Bertz CT molecular complexity index is 558. The van der Waals surface area contributed by atoms with Gasteiger partial charge in [0.15, 0.2) is 0 Å². The summed E-state index contributed by atoms with van der Waals surface area (Å²) in [4.78, 5) is 25.8. The second kappa shape index (κ2) is 7.93. The highest BCUT2D eigenvalue weighted by atomic mass is 16.5. The molecule has 7 heteroatoms. The van der Waals surface area contributed by atoms with Crippen LogP contribution >= 0.6 is 0 Å². The number of carbonyl (C=O) groups is 1. The molecule has 1 aliphatic heterocycles. The SMILES string of the molecule is CCOCCCNC(=O)C1CCN(c2cnn(C)c(=O)c2)C1. The van der Waals surface area contributed by atoms with Crippen molar-refractivity contribution in [2.24, 2.45) is 13.0 Å². The van der Waals surface area contributed by atoms with Crippen LogP contribution in [-0.4, -0.2) is 48.5 Å². The van der Waals surface area contributed by atoms with Crippen molar-refractivity contribution in [1.29, 1.82) is 0 Å². The van der Waals surface area contributed by atoms with Crippen LogP contribution in [0.15, 0.2) is 17.1 Å². The van der Waals surface area contributed by atoms with E-state index in [2.05, 4.69) is 10.4 Å². The van der Waals surface area contributed by atoms with Crippen molar-refractivity contribution in [2.75, 3.05) is 37.7 Å². The summed E-state index contributed by atoms with van der Waals surface area (Å²) >= 11 is 0. The third-order valence-corrected chi connectivity index (χ3v) is 3.85. The van der Waals surface area contributed by atoms with Gasteiger partial charge in [0.2, 0.25) is 5.91 Å². The van der Waals surface area contributed by atoms with E-state index in [9.17, 15) is 9.59 Å². The number of hydrogen-bond acceptors (Lipinski definition) is 5. The standard InChI is InChI=1S/C15H24N4O3/c1-3-22-8-4-6-16-15(21)12-5-7-19(11-12)13-9-14(20)18(2)17-10-13/h9-10,12H,3-8,11H2,1-2H3,(H,16,21). The van der Waals surface area contributed by atoms with E-state index in [0.29, 0.717) is 26.3 Å². The first-order chi connectivity index (χ1) is 10.6. The van der Waals surface area contributed by atoms with Crippen molar-refractivity contribution >= 4 is 11.6 Å². The highest BCUT2D eigenvalue weighted by Crippen LogP contribution is 2.22. The molecule has 1 saturated heterocycles. The van der Waals surface area contributed by atoms with Crippen LogP contribution in [0.1, 0.15) is 19.8 Å². The van der Waals surface area contributed by atoms with Gasteiger partial charge in [-0.05, 0) is 19.8 Å². The van der Waals surface area contributed by atoms with Crippen LogP contribution < -0.4 is 15.8 Å². The molecule has 1 amide bonds. The van der Waals surface area contributed by atoms with Crippen LogP contribution in [0.3, 0.4) is 0 Å². The lowest BCUT2D eigenvalue weighted by molar-refractivity contribution is -0.124. The van der Waals surface area contributed by atoms with Gasteiger partial charge in [-0.15, -0.1) is 0 Å². The fourth-order valence-corrected chi connectivity index (χ4v) is 2.52. The fraction of sp³-hybridized carbons (Fsp3) is 0.667. The molecule has 1 aromatic heterocycles. The number of nitrogens with zero attached hydrogens (tertiary/aromatic N) is 3. The van der Waals surface area contributed by atoms with Crippen LogP contribution in [0, 0.1) is 5.92 Å². The quantitative estimate of drug-likeness (QED) is 0.726. The average molecular weight is 308 g/mol. The molecule has 0 spiro atoms. The summed E-state index contributed by atoms with van der Waals surface area (Å²) in [5.41, 5.74) is 0.649. The molecule has 1 fully saturated rings. The molecule has 122 valence electrons. The third kappa shape index (κ3) is 4.30. The second-order valence-electron chi connectivity index (χ2n) is 5.45. The molecule has 7 nitrogen and oxygen atoms in total. The molecule has 1 unspecified atom stereocenters. The van der Waals surface area contributed by atoms with Gasteiger partial charge >= 0.3 is 0 Å². The molecule has 0 radical (unpaired) electrons. The van der Waals surface area contributed by atoms with E-state index in [-0.39, 0.29) is 17.4 Å². The molecule has 2 rings (SSSR count). The lowest BCUT2D eigenvalue weighted by atomic mass is 10.1. The number of hydrogen-bond donors (Lipinski definition) is 1. The van der Waals surface area contributed by atoms with Crippen LogP contribution in [0.4, 0.5) is 5.69 Å². The number of ether oxygens (including phenoxy) is 1. The molecule has 0 bridgehead atoms. The largest absolute Gasteiger partial charge is 0.382 e. The van der Waals surface area contributed by atoms with E-state index in [1.165, 1.54) is 4.68 Å². The van der Waals surface area contributed by atoms with E-state index < -0.39 is 0 Å². The zero-order valence-corrected chi connectivity index (χ0v) is 13.2. The Morgan fingerprint density at radius 3 is 3.09 bits per heavy atom. The predicted octanol–water partition coefficient (Wildman–Crippen LogP) is 0.149. The molecule has 22 heavy (non-hydrogen) atoms. The molecule has 1 N–H and O–H groups in total. The third-order valence-electron chi connectivity index (χ3n) is 3.85. The van der Waals surface area contributed by atoms with E-state index in [1.54, 1.807) is 19.3 Å². The van der Waals surface area contributed by atoms with E-state index in [0.717, 1.165) is 25.1 Å². The maximum absolute atomic E-state index is 12.1. The van der Waals surface area contributed by atoms with E-state index >= 15 is 0 Å². The smallest absolute Gasteiger partial charge is 0.268 e. The molecule has 2 heterocycles. The molecule has 1 aromatic rings. The first kappa shape index (κ1) is 16.5. The highest BCUT2D eigenvalue weighted by molar-refractivity contribution is 5.80. The van der Waals surface area contributed by atoms with Crippen LogP contribution in [0.25, 0.3) is 0 Å². The molecular formula is C15H24N4O3. The normalized spacial score (nSPS) is 17.7. The monoisotopic (exact) mass is 308 g/mol. The number of aryl methyl sites for hydroxylation is 1. The Labute approximate surface area is 130 Å². The lowest BCUT2D eigenvalue weighted by Crippen LogP contribution is -2.34. The zero-order valence-electron chi connectivity index (χ0n) is 13.2. The van der Waals surface area contributed by atoms with Crippen molar-refractivity contribution in [3.63, 3.8) is 0 Å². The van der Waals surface area contributed by atoms with E-state index in [4.69, 9.17) is 4.74 Å². The van der Waals surface area contributed by atoms with Crippen LogP contribution in [-0.2, 0) is 16.6 Å². The molecular weight excluding hydrogens is 284 g/mol.